The summed E-state index contributed by atoms with van der Waals surface area (Å²) in [7, 11) is -5.37. The van der Waals surface area contributed by atoms with Crippen molar-refractivity contribution in [3.8, 4) is 0 Å². The molecular weight excluding hydrogens is 409 g/mol. The Labute approximate surface area is 171 Å². The van der Waals surface area contributed by atoms with Crippen molar-refractivity contribution in [1.29, 1.82) is 0 Å². The third-order valence-corrected chi connectivity index (χ3v) is 9.94. The summed E-state index contributed by atoms with van der Waals surface area (Å²) >= 11 is 4.99. The number of hydrogen-bond donors (Lipinski definition) is 2. The summed E-state index contributed by atoms with van der Waals surface area (Å²) in [6.45, 7) is 0. The molecule has 0 bridgehead atoms. The van der Waals surface area contributed by atoms with E-state index in [0.717, 1.165) is 15.9 Å². The van der Waals surface area contributed by atoms with Crippen molar-refractivity contribution in [3.05, 3.63) is 91.0 Å². The molecule has 0 radical (unpaired) electrons. The van der Waals surface area contributed by atoms with Crippen LogP contribution in [0.3, 0.4) is 0 Å². The zero-order valence-corrected chi connectivity index (χ0v) is 17.7. The summed E-state index contributed by atoms with van der Waals surface area (Å²) < 4.78 is 32.7. The number of nitrogens with zero attached hydrogens (tertiary/aromatic N) is 1. The zero-order chi connectivity index (χ0) is 20.0. The van der Waals surface area contributed by atoms with Gasteiger partial charge >= 0.3 is 10.2 Å². The van der Waals surface area contributed by atoms with E-state index < -0.39 is 17.3 Å². The van der Waals surface area contributed by atoms with Crippen LogP contribution in [0.2, 0.25) is 0 Å². The van der Waals surface area contributed by atoms with E-state index >= 15 is 0 Å². The topological polar surface area (TPSA) is 70.6 Å². The number of nitrogens with one attached hydrogen (secondary N) is 2. The van der Waals surface area contributed by atoms with E-state index in [1.807, 2.05) is 91.0 Å². The summed E-state index contributed by atoms with van der Waals surface area (Å²) in [6.07, 6.45) is 0. The van der Waals surface area contributed by atoms with Crippen LogP contribution in [0.15, 0.2) is 95.1 Å². The maximum atomic E-state index is 13.0. The van der Waals surface area contributed by atoms with E-state index in [-0.39, 0.29) is 5.11 Å². The van der Waals surface area contributed by atoms with Crippen molar-refractivity contribution in [1.82, 2.24) is 10.0 Å². The number of thiocarbonyl (C=S) groups is 1. The van der Waals surface area contributed by atoms with Gasteiger partial charge in [-0.05, 0) is 12.2 Å². The van der Waals surface area contributed by atoms with Crippen molar-refractivity contribution in [2.45, 2.75) is 0 Å². The molecule has 144 valence electrons. The third-order valence-electron chi connectivity index (χ3n) is 4.07. The molecule has 0 aromatic heterocycles. The average Bonchev–Trinajstić information content (AvgIpc) is 2.73. The minimum Gasteiger partial charge on any atom is -0.365 e. The number of rotatable bonds is 5. The van der Waals surface area contributed by atoms with Gasteiger partial charge < -0.3 is 5.32 Å². The second-order valence-corrected chi connectivity index (χ2v) is 10.9. The second kappa shape index (κ2) is 8.69. The van der Waals surface area contributed by atoms with Crippen molar-refractivity contribution in [3.63, 3.8) is 0 Å². The van der Waals surface area contributed by atoms with Crippen molar-refractivity contribution >= 4 is 50.5 Å². The first-order valence-corrected chi connectivity index (χ1v) is 12.1. The molecule has 0 aliphatic carbocycles. The lowest BCUT2D eigenvalue weighted by molar-refractivity contribution is 0.595. The van der Waals surface area contributed by atoms with Gasteiger partial charge in [0.15, 0.2) is 5.11 Å². The van der Waals surface area contributed by atoms with E-state index in [1.54, 1.807) is 7.05 Å². The largest absolute Gasteiger partial charge is 0.365 e. The molecule has 3 aromatic rings. The van der Waals surface area contributed by atoms with Gasteiger partial charge in [0.2, 0.25) is 0 Å². The summed E-state index contributed by atoms with van der Waals surface area (Å²) in [5, 5.41) is 5.14. The Morgan fingerprint density at radius 2 is 1.14 bits per heavy atom. The predicted octanol–water partition coefficient (Wildman–Crippen LogP) is 2.50. The van der Waals surface area contributed by atoms with Crippen LogP contribution in [-0.4, -0.2) is 20.6 Å². The normalized spacial score (nSPS) is 11.5. The fourth-order valence-electron chi connectivity index (χ4n) is 2.87. The maximum Gasteiger partial charge on any atom is 0.343 e. The summed E-state index contributed by atoms with van der Waals surface area (Å²) in [6, 6.07) is 28.6. The Morgan fingerprint density at radius 3 is 1.46 bits per heavy atom. The Hall–Kier alpha value is -2.47. The highest BCUT2D eigenvalue weighted by Gasteiger charge is 2.30. The quantitative estimate of drug-likeness (QED) is 0.483. The standard InChI is InChI=1S/C20H20N3O2PS2/c1-21-20(27)22-28(24,25)23-26(17-11-5-2-6-12-17,18-13-7-3-8-14-18)19-15-9-4-10-16-19/h2-16H,1H3,(H2,21,22,27). The van der Waals surface area contributed by atoms with Gasteiger partial charge in [0.05, 0.1) is 7.05 Å². The maximum absolute atomic E-state index is 13.0. The molecule has 0 unspecified atom stereocenters. The molecule has 0 saturated carbocycles. The molecular formula is C20H20N3O2PS2. The van der Waals surface area contributed by atoms with Crippen LogP contribution in [-0.2, 0) is 10.2 Å². The summed E-state index contributed by atoms with van der Waals surface area (Å²) in [5.74, 6) is 0. The van der Waals surface area contributed by atoms with Crippen molar-refractivity contribution < 1.29 is 8.42 Å². The molecule has 0 spiro atoms. The SMILES string of the molecule is CNC(=S)NS(=O)(=O)N=P(c1ccccc1)(c1ccccc1)c1ccccc1. The highest BCUT2D eigenvalue weighted by molar-refractivity contribution is 7.99. The van der Waals surface area contributed by atoms with Gasteiger partial charge in [-0.25, -0.2) is 4.72 Å². The molecule has 5 nitrogen and oxygen atoms in total. The minimum absolute atomic E-state index is 0.00367. The van der Waals surface area contributed by atoms with Crippen molar-refractivity contribution in [2.24, 2.45) is 4.15 Å². The fourth-order valence-corrected chi connectivity index (χ4v) is 8.81. The Balaban J connectivity index is 2.42. The number of hydrogen-bond acceptors (Lipinski definition) is 3. The lowest BCUT2D eigenvalue weighted by atomic mass is 10.4. The Kier molecular flexibility index (Phi) is 6.29. The molecule has 2 N–H and O–H groups in total. The average molecular weight is 430 g/mol. The van der Waals surface area contributed by atoms with Crippen molar-refractivity contribution in [2.75, 3.05) is 7.05 Å². The van der Waals surface area contributed by atoms with E-state index in [4.69, 9.17) is 12.2 Å². The Morgan fingerprint density at radius 1 is 0.786 bits per heavy atom. The van der Waals surface area contributed by atoms with E-state index in [0.29, 0.717) is 0 Å². The molecule has 3 aromatic carbocycles. The van der Waals surface area contributed by atoms with Gasteiger partial charge in [-0.2, -0.15) is 12.6 Å². The number of benzene rings is 3. The highest BCUT2D eigenvalue weighted by atomic mass is 32.2. The first-order chi connectivity index (χ1) is 13.5. The summed E-state index contributed by atoms with van der Waals surface area (Å²) in [4.78, 5) is 0. The highest BCUT2D eigenvalue weighted by Crippen LogP contribution is 2.47. The molecule has 0 aliphatic heterocycles. The van der Waals surface area contributed by atoms with Gasteiger partial charge in [-0.15, -0.1) is 0 Å². The van der Waals surface area contributed by atoms with Crippen LogP contribution in [0.5, 0.6) is 0 Å². The third kappa shape index (κ3) is 4.33. The molecule has 0 aliphatic rings. The second-order valence-electron chi connectivity index (χ2n) is 5.88. The van der Waals surface area contributed by atoms with E-state index in [2.05, 4.69) is 14.2 Å². The lowest BCUT2D eigenvalue weighted by Crippen LogP contribution is -2.37. The molecule has 0 saturated heterocycles. The van der Waals surface area contributed by atoms with Gasteiger partial charge in [-0.1, -0.05) is 91.0 Å². The van der Waals surface area contributed by atoms with Crippen LogP contribution in [0.1, 0.15) is 0 Å². The lowest BCUT2D eigenvalue weighted by Gasteiger charge is -2.26. The molecule has 8 heteroatoms. The predicted molar refractivity (Wildman–Crippen MR) is 121 cm³/mol. The monoisotopic (exact) mass is 429 g/mol. The molecule has 0 amide bonds. The van der Waals surface area contributed by atoms with Gasteiger partial charge in [0, 0.05) is 23.0 Å². The Bertz CT molecular complexity index is 1000. The van der Waals surface area contributed by atoms with E-state index in [9.17, 15) is 8.42 Å². The van der Waals surface area contributed by atoms with Crippen LogP contribution in [0, 0.1) is 0 Å². The van der Waals surface area contributed by atoms with Gasteiger partial charge in [-0.3, -0.25) is 0 Å². The summed E-state index contributed by atoms with van der Waals surface area (Å²) in [5.41, 5.74) is 0. The van der Waals surface area contributed by atoms with Crippen LogP contribution >= 0.6 is 19.3 Å². The molecule has 28 heavy (non-hydrogen) atoms. The minimum atomic E-state index is -4.07. The van der Waals surface area contributed by atoms with Crippen LogP contribution in [0.25, 0.3) is 0 Å². The molecule has 0 heterocycles. The van der Waals surface area contributed by atoms with Gasteiger partial charge in [0.25, 0.3) is 0 Å². The van der Waals surface area contributed by atoms with Crippen LogP contribution < -0.4 is 26.0 Å². The first kappa shape index (κ1) is 20.3. The molecule has 3 rings (SSSR count). The van der Waals surface area contributed by atoms with Crippen LogP contribution in [0.4, 0.5) is 0 Å². The van der Waals surface area contributed by atoms with Gasteiger partial charge in [0.1, 0.15) is 0 Å². The smallest absolute Gasteiger partial charge is 0.343 e. The molecule has 0 fully saturated rings. The van der Waals surface area contributed by atoms with E-state index in [1.165, 1.54) is 0 Å². The fraction of sp³-hybridized carbons (Fsp3) is 0.0500. The first-order valence-electron chi connectivity index (χ1n) is 8.53. The molecule has 0 atom stereocenters. The zero-order valence-electron chi connectivity index (χ0n) is 15.2.